The van der Waals surface area contributed by atoms with Gasteiger partial charge in [-0.3, -0.25) is 0 Å². The number of halogens is 1. The first kappa shape index (κ1) is 14.9. The van der Waals surface area contributed by atoms with Crippen molar-refractivity contribution in [2.24, 2.45) is 0 Å². The quantitative estimate of drug-likeness (QED) is 0.767. The van der Waals surface area contributed by atoms with E-state index < -0.39 is 23.9 Å². The number of carboxylic acid groups (broad SMARTS) is 1. The standard InChI is InChI=1S/C13H17FN2O3/c1-3-4-11(12(17)18)16-13(19)15-10-6-8(2)5-9(14)7-10/h5-7,11H,3-4H2,1-2H3,(H,17,18)(H2,15,16,19). The summed E-state index contributed by atoms with van der Waals surface area (Å²) in [5.74, 6) is -1.55. The molecule has 19 heavy (non-hydrogen) atoms. The molecule has 0 saturated heterocycles. The first-order chi connectivity index (χ1) is 8.92. The van der Waals surface area contributed by atoms with E-state index in [9.17, 15) is 14.0 Å². The third kappa shape index (κ3) is 4.95. The van der Waals surface area contributed by atoms with E-state index in [4.69, 9.17) is 5.11 Å². The summed E-state index contributed by atoms with van der Waals surface area (Å²) in [6, 6.07) is 2.49. The number of carbonyl (C=O) groups is 2. The maximum Gasteiger partial charge on any atom is 0.326 e. The number of nitrogens with one attached hydrogen (secondary N) is 2. The molecular formula is C13H17FN2O3. The molecule has 6 heteroatoms. The van der Waals surface area contributed by atoms with Gasteiger partial charge in [-0.25, -0.2) is 14.0 Å². The minimum Gasteiger partial charge on any atom is -0.480 e. The molecule has 0 saturated carbocycles. The Labute approximate surface area is 110 Å². The topological polar surface area (TPSA) is 78.4 Å². The van der Waals surface area contributed by atoms with Gasteiger partial charge in [-0.05, 0) is 37.1 Å². The molecule has 0 radical (unpaired) electrons. The summed E-state index contributed by atoms with van der Waals surface area (Å²) in [5, 5.41) is 13.7. The second-order valence-electron chi connectivity index (χ2n) is 4.30. The van der Waals surface area contributed by atoms with Crippen LogP contribution in [0, 0.1) is 12.7 Å². The van der Waals surface area contributed by atoms with Gasteiger partial charge in [-0.1, -0.05) is 13.3 Å². The van der Waals surface area contributed by atoms with Crippen molar-refractivity contribution >= 4 is 17.7 Å². The maximum absolute atomic E-state index is 13.1. The summed E-state index contributed by atoms with van der Waals surface area (Å²) in [6.45, 7) is 3.52. The van der Waals surface area contributed by atoms with Crippen molar-refractivity contribution in [1.29, 1.82) is 0 Å². The van der Waals surface area contributed by atoms with Crippen LogP contribution in [-0.2, 0) is 4.79 Å². The first-order valence-electron chi connectivity index (χ1n) is 6.00. The molecule has 1 aromatic carbocycles. The third-order valence-electron chi connectivity index (χ3n) is 2.48. The SMILES string of the molecule is CCCC(NC(=O)Nc1cc(C)cc(F)c1)C(=O)O. The molecule has 104 valence electrons. The lowest BCUT2D eigenvalue weighted by atomic mass is 10.2. The highest BCUT2D eigenvalue weighted by molar-refractivity contribution is 5.92. The molecule has 0 aliphatic rings. The smallest absolute Gasteiger partial charge is 0.326 e. The van der Waals surface area contributed by atoms with Crippen molar-refractivity contribution in [2.45, 2.75) is 32.7 Å². The van der Waals surface area contributed by atoms with E-state index in [1.165, 1.54) is 12.1 Å². The Bertz CT molecular complexity index is 457. The molecule has 0 aliphatic heterocycles. The maximum atomic E-state index is 13.1. The second-order valence-corrected chi connectivity index (χ2v) is 4.30. The number of aliphatic carboxylic acids is 1. The van der Waals surface area contributed by atoms with Crippen molar-refractivity contribution in [3.05, 3.63) is 29.6 Å². The van der Waals surface area contributed by atoms with Gasteiger partial charge in [0.1, 0.15) is 11.9 Å². The summed E-state index contributed by atoms with van der Waals surface area (Å²) in [4.78, 5) is 22.5. The van der Waals surface area contributed by atoms with E-state index >= 15 is 0 Å². The highest BCUT2D eigenvalue weighted by atomic mass is 19.1. The van der Waals surface area contributed by atoms with Crippen LogP contribution in [0.1, 0.15) is 25.3 Å². The molecule has 0 aromatic heterocycles. The Morgan fingerprint density at radius 3 is 2.58 bits per heavy atom. The first-order valence-corrected chi connectivity index (χ1v) is 6.00. The monoisotopic (exact) mass is 268 g/mol. The Kier molecular flexibility index (Phi) is 5.29. The predicted octanol–water partition coefficient (Wildman–Crippen LogP) is 2.51. The number of carboxylic acids is 1. The number of benzene rings is 1. The molecule has 0 spiro atoms. The van der Waals surface area contributed by atoms with Gasteiger partial charge in [0.2, 0.25) is 0 Å². The fourth-order valence-corrected chi connectivity index (χ4v) is 1.68. The molecule has 1 unspecified atom stereocenters. The van der Waals surface area contributed by atoms with Gasteiger partial charge < -0.3 is 15.7 Å². The Hall–Kier alpha value is -2.11. The summed E-state index contributed by atoms with van der Waals surface area (Å²) in [5.41, 5.74) is 0.953. The number of urea groups is 1. The average molecular weight is 268 g/mol. The van der Waals surface area contributed by atoms with Crippen molar-refractivity contribution in [1.82, 2.24) is 5.32 Å². The highest BCUT2D eigenvalue weighted by Gasteiger charge is 2.18. The fraction of sp³-hybridized carbons (Fsp3) is 0.385. The molecule has 3 N–H and O–H groups in total. The van der Waals surface area contributed by atoms with Crippen LogP contribution >= 0.6 is 0 Å². The van der Waals surface area contributed by atoms with Gasteiger partial charge in [0.05, 0.1) is 0 Å². The van der Waals surface area contributed by atoms with Crippen LogP contribution < -0.4 is 10.6 Å². The van der Waals surface area contributed by atoms with Gasteiger partial charge in [0, 0.05) is 5.69 Å². The van der Waals surface area contributed by atoms with Crippen LogP contribution in [0.5, 0.6) is 0 Å². The Balaban J connectivity index is 2.66. The zero-order valence-electron chi connectivity index (χ0n) is 10.9. The van der Waals surface area contributed by atoms with E-state index in [1.807, 2.05) is 6.92 Å². The van der Waals surface area contributed by atoms with Gasteiger partial charge in [-0.2, -0.15) is 0 Å². The summed E-state index contributed by atoms with van der Waals surface area (Å²) in [7, 11) is 0. The van der Waals surface area contributed by atoms with Crippen LogP contribution in [0.3, 0.4) is 0 Å². The normalized spacial score (nSPS) is 11.7. The van der Waals surface area contributed by atoms with Crippen LogP contribution in [0.2, 0.25) is 0 Å². The van der Waals surface area contributed by atoms with E-state index in [2.05, 4.69) is 10.6 Å². The number of aryl methyl sites for hydroxylation is 1. The van der Waals surface area contributed by atoms with Crippen molar-refractivity contribution < 1.29 is 19.1 Å². The largest absolute Gasteiger partial charge is 0.480 e. The number of amides is 2. The molecule has 2 amide bonds. The zero-order valence-corrected chi connectivity index (χ0v) is 10.9. The third-order valence-corrected chi connectivity index (χ3v) is 2.48. The molecule has 5 nitrogen and oxygen atoms in total. The average Bonchev–Trinajstić information content (AvgIpc) is 2.26. The Morgan fingerprint density at radius 1 is 1.37 bits per heavy atom. The van der Waals surface area contributed by atoms with E-state index in [1.54, 1.807) is 13.0 Å². The fourth-order valence-electron chi connectivity index (χ4n) is 1.68. The highest BCUT2D eigenvalue weighted by Crippen LogP contribution is 2.13. The van der Waals surface area contributed by atoms with Gasteiger partial charge >= 0.3 is 12.0 Å². The van der Waals surface area contributed by atoms with Crippen LogP contribution in [-0.4, -0.2) is 23.1 Å². The number of hydrogen-bond donors (Lipinski definition) is 3. The van der Waals surface area contributed by atoms with Gasteiger partial charge in [0.25, 0.3) is 0 Å². The summed E-state index contributed by atoms with van der Waals surface area (Å²) >= 11 is 0. The lowest BCUT2D eigenvalue weighted by molar-refractivity contribution is -0.139. The van der Waals surface area contributed by atoms with E-state index in [0.717, 1.165) is 0 Å². The molecule has 0 fully saturated rings. The molecule has 0 bridgehead atoms. The lowest BCUT2D eigenvalue weighted by Crippen LogP contribution is -2.42. The van der Waals surface area contributed by atoms with E-state index in [0.29, 0.717) is 18.4 Å². The zero-order chi connectivity index (χ0) is 14.4. The minimum atomic E-state index is -1.09. The number of carbonyl (C=O) groups excluding carboxylic acids is 1. The molecule has 1 rings (SSSR count). The minimum absolute atomic E-state index is 0.288. The van der Waals surface area contributed by atoms with Crippen LogP contribution in [0.25, 0.3) is 0 Å². The summed E-state index contributed by atoms with van der Waals surface area (Å²) < 4.78 is 13.1. The second kappa shape index (κ2) is 6.72. The van der Waals surface area contributed by atoms with Crippen molar-refractivity contribution in [3.8, 4) is 0 Å². The lowest BCUT2D eigenvalue weighted by Gasteiger charge is -2.14. The molecule has 0 aliphatic carbocycles. The number of anilines is 1. The van der Waals surface area contributed by atoms with Crippen molar-refractivity contribution in [2.75, 3.05) is 5.32 Å². The van der Waals surface area contributed by atoms with E-state index in [-0.39, 0.29) is 5.69 Å². The van der Waals surface area contributed by atoms with Gasteiger partial charge in [-0.15, -0.1) is 0 Å². The molecule has 1 aromatic rings. The Morgan fingerprint density at radius 2 is 2.05 bits per heavy atom. The number of rotatable bonds is 5. The van der Waals surface area contributed by atoms with Crippen LogP contribution in [0.4, 0.5) is 14.9 Å². The molecule has 1 atom stereocenters. The predicted molar refractivity (Wildman–Crippen MR) is 69.6 cm³/mol. The molecular weight excluding hydrogens is 251 g/mol. The van der Waals surface area contributed by atoms with Crippen molar-refractivity contribution in [3.63, 3.8) is 0 Å². The van der Waals surface area contributed by atoms with Crippen LogP contribution in [0.15, 0.2) is 18.2 Å². The number of hydrogen-bond acceptors (Lipinski definition) is 2. The van der Waals surface area contributed by atoms with Gasteiger partial charge in [0.15, 0.2) is 0 Å². The summed E-state index contributed by atoms with van der Waals surface area (Å²) in [6.07, 6.45) is 0.973. The molecule has 0 heterocycles.